The van der Waals surface area contributed by atoms with Crippen molar-refractivity contribution < 1.29 is 0 Å². The average Bonchev–Trinajstić information content (AvgIpc) is 2.14. The highest BCUT2D eigenvalue weighted by atomic mass is 14.9. The maximum atomic E-state index is 8.06. The molecule has 3 heteroatoms. The number of nitrogens with zero attached hydrogens (tertiary/aromatic N) is 2. The molecule has 0 atom stereocenters. The molecule has 0 fully saturated rings. The van der Waals surface area contributed by atoms with E-state index >= 15 is 0 Å². The number of rotatable bonds is 3. The molecule has 0 aliphatic heterocycles. The van der Waals surface area contributed by atoms with E-state index in [2.05, 4.69) is 10.3 Å². The molecular formula is C9H8N3. The van der Waals surface area contributed by atoms with E-state index in [1.165, 1.54) is 6.34 Å². The maximum absolute atomic E-state index is 8.06. The Morgan fingerprint density at radius 1 is 1.33 bits per heavy atom. The van der Waals surface area contributed by atoms with Crippen LogP contribution in [-0.4, -0.2) is 6.34 Å². The summed E-state index contributed by atoms with van der Waals surface area (Å²) in [6, 6.07) is 9.73. The minimum atomic E-state index is 1.04. The molecule has 3 nitrogen and oxygen atoms in total. The second kappa shape index (κ2) is 4.91. The van der Waals surface area contributed by atoms with Gasteiger partial charge in [-0.2, -0.15) is 10.3 Å². The second-order valence-corrected chi connectivity index (χ2v) is 2.08. The van der Waals surface area contributed by atoms with Crippen molar-refractivity contribution in [2.45, 2.75) is 0 Å². The zero-order chi connectivity index (χ0) is 8.65. The normalized spacial score (nSPS) is 9.58. The number of benzene rings is 1. The molecule has 0 spiro atoms. The van der Waals surface area contributed by atoms with Crippen LogP contribution in [0.15, 0.2) is 35.3 Å². The van der Waals surface area contributed by atoms with Gasteiger partial charge in [-0.1, -0.05) is 30.3 Å². The average molecular weight is 158 g/mol. The van der Waals surface area contributed by atoms with Crippen LogP contribution in [0.4, 0.5) is 0 Å². The number of aliphatic imine (C=N–C) groups is 1. The molecule has 1 aromatic carbocycles. The molecule has 0 amide bonds. The molecule has 0 aliphatic rings. The first-order valence-electron chi connectivity index (χ1n) is 3.48. The van der Waals surface area contributed by atoms with Gasteiger partial charge in [0.1, 0.15) is 6.34 Å². The largest absolute Gasteiger partial charge is 0.366 e. The topological polar surface area (TPSA) is 48.2 Å². The van der Waals surface area contributed by atoms with E-state index in [0.717, 1.165) is 5.56 Å². The third-order valence-electron chi connectivity index (χ3n) is 1.25. The van der Waals surface area contributed by atoms with Crippen LogP contribution >= 0.6 is 0 Å². The van der Waals surface area contributed by atoms with Crippen LogP contribution in [0.25, 0.3) is 0 Å². The summed E-state index contributed by atoms with van der Waals surface area (Å²) in [5.74, 6) is 0. The lowest BCUT2D eigenvalue weighted by Gasteiger charge is -1.96. The quantitative estimate of drug-likeness (QED) is 0.409. The fourth-order valence-corrected chi connectivity index (χ4v) is 0.749. The van der Waals surface area contributed by atoms with E-state index in [1.807, 2.05) is 30.3 Å². The molecule has 59 valence electrons. The number of hydrogen-bond donors (Lipinski definition) is 1. The van der Waals surface area contributed by atoms with Gasteiger partial charge in [0.25, 0.3) is 0 Å². The van der Waals surface area contributed by atoms with Crippen LogP contribution in [0.3, 0.4) is 0 Å². The zero-order valence-electron chi connectivity index (χ0n) is 6.44. The minimum absolute atomic E-state index is 1.04. The van der Waals surface area contributed by atoms with Crippen molar-refractivity contribution in [1.82, 2.24) is 5.32 Å². The van der Waals surface area contributed by atoms with E-state index in [4.69, 9.17) is 5.26 Å². The van der Waals surface area contributed by atoms with E-state index in [9.17, 15) is 0 Å². The Morgan fingerprint density at radius 3 is 2.75 bits per heavy atom. The molecule has 0 unspecified atom stereocenters. The molecule has 1 radical (unpaired) electrons. The van der Waals surface area contributed by atoms with Crippen LogP contribution in [0.5, 0.6) is 0 Å². The van der Waals surface area contributed by atoms with Gasteiger partial charge in [-0.05, 0) is 5.56 Å². The van der Waals surface area contributed by atoms with Gasteiger partial charge in [0.2, 0.25) is 6.19 Å². The van der Waals surface area contributed by atoms with Gasteiger partial charge in [-0.3, -0.25) is 0 Å². The SMILES string of the molecule is N#C/N=C/N[CH]c1ccccc1. The first-order chi connectivity index (χ1) is 5.93. The highest BCUT2D eigenvalue weighted by Gasteiger charge is 1.86. The lowest BCUT2D eigenvalue weighted by molar-refractivity contribution is 1.17. The third kappa shape index (κ3) is 2.84. The van der Waals surface area contributed by atoms with Crippen molar-refractivity contribution in [1.29, 1.82) is 5.26 Å². The summed E-state index contributed by atoms with van der Waals surface area (Å²) in [4.78, 5) is 3.33. The van der Waals surface area contributed by atoms with E-state index in [-0.39, 0.29) is 0 Å². The van der Waals surface area contributed by atoms with Crippen LogP contribution in [0, 0.1) is 18.0 Å². The smallest absolute Gasteiger partial charge is 0.207 e. The van der Waals surface area contributed by atoms with Gasteiger partial charge < -0.3 is 5.32 Å². The molecule has 0 saturated heterocycles. The number of nitrogens with one attached hydrogen (secondary N) is 1. The van der Waals surface area contributed by atoms with E-state index in [1.54, 1.807) is 12.7 Å². The molecular weight excluding hydrogens is 150 g/mol. The van der Waals surface area contributed by atoms with Crippen LogP contribution in [-0.2, 0) is 0 Å². The summed E-state index contributed by atoms with van der Waals surface area (Å²) in [6.45, 7) is 1.76. The van der Waals surface area contributed by atoms with Gasteiger partial charge in [-0.25, -0.2) is 0 Å². The first kappa shape index (κ1) is 8.28. The standard InChI is InChI=1S/C9H8N3/c10-7-12-8-11-6-9-4-2-1-3-5-9/h1-6,8H,(H,11,12). The molecule has 1 N–H and O–H groups in total. The van der Waals surface area contributed by atoms with Gasteiger partial charge in [0, 0.05) is 0 Å². The Balaban J connectivity index is 2.35. The monoisotopic (exact) mass is 158 g/mol. The van der Waals surface area contributed by atoms with Gasteiger partial charge in [-0.15, -0.1) is 0 Å². The summed E-state index contributed by atoms with van der Waals surface area (Å²) in [6.07, 6.45) is 2.98. The predicted molar refractivity (Wildman–Crippen MR) is 47.1 cm³/mol. The number of nitriles is 1. The van der Waals surface area contributed by atoms with Crippen LogP contribution in [0.2, 0.25) is 0 Å². The van der Waals surface area contributed by atoms with E-state index < -0.39 is 0 Å². The Bertz CT molecular complexity index is 284. The minimum Gasteiger partial charge on any atom is -0.366 e. The third-order valence-corrected chi connectivity index (χ3v) is 1.25. The summed E-state index contributed by atoms with van der Waals surface area (Å²) in [7, 11) is 0. The van der Waals surface area contributed by atoms with Crippen LogP contribution in [0.1, 0.15) is 5.56 Å². The highest BCUT2D eigenvalue weighted by molar-refractivity contribution is 5.57. The Hall–Kier alpha value is -1.82. The predicted octanol–water partition coefficient (Wildman–Crippen LogP) is 1.30. The number of hydrogen-bond acceptors (Lipinski definition) is 2. The molecule has 0 bridgehead atoms. The van der Waals surface area contributed by atoms with Crippen molar-refractivity contribution in [2.75, 3.05) is 0 Å². The van der Waals surface area contributed by atoms with E-state index in [0.29, 0.717) is 0 Å². The van der Waals surface area contributed by atoms with Gasteiger partial charge >= 0.3 is 0 Å². The Kier molecular flexibility index (Phi) is 3.39. The molecule has 1 rings (SSSR count). The molecule has 0 saturated carbocycles. The maximum Gasteiger partial charge on any atom is 0.207 e. The van der Waals surface area contributed by atoms with Crippen LogP contribution < -0.4 is 5.32 Å². The van der Waals surface area contributed by atoms with Crippen molar-refractivity contribution in [2.24, 2.45) is 4.99 Å². The fourth-order valence-electron chi connectivity index (χ4n) is 0.749. The summed E-state index contributed by atoms with van der Waals surface area (Å²) >= 11 is 0. The van der Waals surface area contributed by atoms with Crippen molar-refractivity contribution in [3.8, 4) is 6.19 Å². The Morgan fingerprint density at radius 2 is 2.08 bits per heavy atom. The first-order valence-corrected chi connectivity index (χ1v) is 3.48. The summed E-state index contributed by atoms with van der Waals surface area (Å²) in [5, 5.41) is 10.8. The molecule has 0 heterocycles. The molecule has 1 aromatic rings. The lowest BCUT2D eigenvalue weighted by atomic mass is 10.2. The zero-order valence-corrected chi connectivity index (χ0v) is 6.44. The van der Waals surface area contributed by atoms with Gasteiger partial charge in [0.05, 0.1) is 6.54 Å². The summed E-state index contributed by atoms with van der Waals surface area (Å²) in [5.41, 5.74) is 1.04. The van der Waals surface area contributed by atoms with Gasteiger partial charge in [0.15, 0.2) is 0 Å². The fraction of sp³-hybridized carbons (Fsp3) is 0. The van der Waals surface area contributed by atoms with Crippen molar-refractivity contribution in [3.05, 3.63) is 42.4 Å². The molecule has 0 aliphatic carbocycles. The molecule has 0 aromatic heterocycles. The Labute approximate surface area is 71.4 Å². The van der Waals surface area contributed by atoms with Crippen molar-refractivity contribution in [3.63, 3.8) is 0 Å². The lowest BCUT2D eigenvalue weighted by Crippen LogP contribution is -2.06. The molecule has 12 heavy (non-hydrogen) atoms. The highest BCUT2D eigenvalue weighted by Crippen LogP contribution is 1.97. The summed E-state index contributed by atoms with van der Waals surface area (Å²) < 4.78 is 0. The second-order valence-electron chi connectivity index (χ2n) is 2.08. The van der Waals surface area contributed by atoms with Crippen molar-refractivity contribution >= 4 is 6.34 Å².